The maximum absolute atomic E-state index is 6.43. The first-order valence-corrected chi connectivity index (χ1v) is 7.39. The molecule has 0 fully saturated rings. The van der Waals surface area contributed by atoms with Crippen LogP contribution in [-0.4, -0.2) is 11.7 Å². The summed E-state index contributed by atoms with van der Waals surface area (Å²) < 4.78 is 7.56. The Balaban J connectivity index is 2.32. The SMILES string of the molecule is CCn1c(-c2ccc(N)c(C)c2)c(N)c2ccc(OC)cc21. The molecule has 0 aliphatic heterocycles. The van der Waals surface area contributed by atoms with Gasteiger partial charge in [0.1, 0.15) is 5.75 Å². The molecule has 2 aromatic carbocycles. The van der Waals surface area contributed by atoms with Crippen LogP contribution in [0.2, 0.25) is 0 Å². The number of rotatable bonds is 3. The first kappa shape index (κ1) is 14.3. The van der Waals surface area contributed by atoms with Gasteiger partial charge in [0.25, 0.3) is 0 Å². The minimum atomic E-state index is 0.795. The Bertz CT molecular complexity index is 849. The molecule has 1 aromatic heterocycles. The number of benzene rings is 2. The maximum atomic E-state index is 6.43. The maximum Gasteiger partial charge on any atom is 0.120 e. The first-order valence-electron chi connectivity index (χ1n) is 7.39. The van der Waals surface area contributed by atoms with Gasteiger partial charge in [-0.3, -0.25) is 0 Å². The molecule has 0 radical (unpaired) electrons. The second kappa shape index (κ2) is 5.30. The summed E-state index contributed by atoms with van der Waals surface area (Å²) >= 11 is 0. The summed E-state index contributed by atoms with van der Waals surface area (Å²) in [4.78, 5) is 0. The van der Waals surface area contributed by atoms with Crippen molar-refractivity contribution >= 4 is 22.3 Å². The van der Waals surface area contributed by atoms with Crippen molar-refractivity contribution in [1.82, 2.24) is 4.57 Å². The van der Waals surface area contributed by atoms with Gasteiger partial charge in [0.15, 0.2) is 0 Å². The van der Waals surface area contributed by atoms with E-state index in [0.29, 0.717) is 0 Å². The fraction of sp³-hybridized carbons (Fsp3) is 0.222. The predicted octanol–water partition coefficient (Wildman–Crippen LogP) is 3.81. The Morgan fingerprint density at radius 2 is 1.86 bits per heavy atom. The zero-order chi connectivity index (χ0) is 15.9. The van der Waals surface area contributed by atoms with Crippen molar-refractivity contribution in [2.24, 2.45) is 0 Å². The molecule has 0 saturated heterocycles. The zero-order valence-electron chi connectivity index (χ0n) is 13.2. The molecule has 3 rings (SSSR count). The largest absolute Gasteiger partial charge is 0.497 e. The molecule has 4 N–H and O–H groups in total. The van der Waals surface area contributed by atoms with Crippen molar-refractivity contribution in [3.05, 3.63) is 42.0 Å². The number of nitrogens with zero attached hydrogens (tertiary/aromatic N) is 1. The zero-order valence-corrected chi connectivity index (χ0v) is 13.2. The van der Waals surface area contributed by atoms with Crippen molar-refractivity contribution in [3.8, 4) is 17.0 Å². The van der Waals surface area contributed by atoms with Crippen molar-refractivity contribution in [2.45, 2.75) is 20.4 Å². The Morgan fingerprint density at radius 3 is 2.50 bits per heavy atom. The van der Waals surface area contributed by atoms with Gasteiger partial charge >= 0.3 is 0 Å². The molecule has 1 heterocycles. The van der Waals surface area contributed by atoms with Crippen LogP contribution >= 0.6 is 0 Å². The Hall–Kier alpha value is -2.62. The number of anilines is 2. The number of hydrogen-bond acceptors (Lipinski definition) is 3. The van der Waals surface area contributed by atoms with Gasteiger partial charge in [0.2, 0.25) is 0 Å². The number of hydrogen-bond donors (Lipinski definition) is 2. The van der Waals surface area contributed by atoms with E-state index in [1.807, 2.05) is 37.3 Å². The summed E-state index contributed by atoms with van der Waals surface area (Å²) in [5.41, 5.74) is 18.2. The average Bonchev–Trinajstić information content (AvgIpc) is 2.81. The van der Waals surface area contributed by atoms with Crippen LogP contribution in [0.25, 0.3) is 22.2 Å². The summed E-state index contributed by atoms with van der Waals surface area (Å²) in [7, 11) is 1.67. The predicted molar refractivity (Wildman–Crippen MR) is 93.2 cm³/mol. The molecule has 4 nitrogen and oxygen atoms in total. The summed E-state index contributed by atoms with van der Waals surface area (Å²) in [6.45, 7) is 4.96. The highest BCUT2D eigenvalue weighted by molar-refractivity contribution is 6.01. The molecule has 3 aromatic rings. The van der Waals surface area contributed by atoms with Gasteiger partial charge in [-0.1, -0.05) is 6.07 Å². The molecular formula is C18H21N3O. The number of nitrogens with two attached hydrogens (primary N) is 2. The lowest BCUT2D eigenvalue weighted by molar-refractivity contribution is 0.415. The topological polar surface area (TPSA) is 66.2 Å². The second-order valence-electron chi connectivity index (χ2n) is 5.46. The van der Waals surface area contributed by atoms with Crippen molar-refractivity contribution in [2.75, 3.05) is 18.6 Å². The van der Waals surface area contributed by atoms with E-state index in [1.165, 1.54) is 0 Å². The number of methoxy groups -OCH3 is 1. The normalized spacial score (nSPS) is 11.0. The minimum absolute atomic E-state index is 0.795. The molecule has 22 heavy (non-hydrogen) atoms. The lowest BCUT2D eigenvalue weighted by Gasteiger charge is -2.11. The third-order valence-corrected chi connectivity index (χ3v) is 4.17. The lowest BCUT2D eigenvalue weighted by Crippen LogP contribution is -1.99. The number of aromatic nitrogens is 1. The van der Waals surface area contributed by atoms with Crippen molar-refractivity contribution in [1.29, 1.82) is 0 Å². The Kier molecular flexibility index (Phi) is 3.45. The van der Waals surface area contributed by atoms with Gasteiger partial charge in [0.05, 0.1) is 24.0 Å². The van der Waals surface area contributed by atoms with Crippen molar-refractivity contribution < 1.29 is 4.74 Å². The van der Waals surface area contributed by atoms with Crippen LogP contribution in [0.5, 0.6) is 5.75 Å². The molecule has 0 bridgehead atoms. The molecule has 0 saturated carbocycles. The van der Waals surface area contributed by atoms with Gasteiger partial charge in [-0.2, -0.15) is 0 Å². The van der Waals surface area contributed by atoms with E-state index in [0.717, 1.165) is 51.4 Å². The van der Waals surface area contributed by atoms with Crippen LogP contribution in [0.3, 0.4) is 0 Å². The van der Waals surface area contributed by atoms with E-state index < -0.39 is 0 Å². The van der Waals surface area contributed by atoms with Crippen LogP contribution in [0.4, 0.5) is 11.4 Å². The third kappa shape index (κ3) is 2.08. The number of ether oxygens (including phenoxy) is 1. The van der Waals surface area contributed by atoms with Crippen molar-refractivity contribution in [3.63, 3.8) is 0 Å². The van der Waals surface area contributed by atoms with Crippen LogP contribution in [0.15, 0.2) is 36.4 Å². The molecule has 0 aliphatic carbocycles. The van der Waals surface area contributed by atoms with Crippen LogP contribution in [0.1, 0.15) is 12.5 Å². The summed E-state index contributed by atoms with van der Waals surface area (Å²) in [5.74, 6) is 0.833. The van der Waals surface area contributed by atoms with Crippen LogP contribution < -0.4 is 16.2 Å². The Labute approximate surface area is 130 Å². The first-order chi connectivity index (χ1) is 10.6. The van der Waals surface area contributed by atoms with Crippen LogP contribution in [0, 0.1) is 6.92 Å². The van der Waals surface area contributed by atoms with E-state index in [-0.39, 0.29) is 0 Å². The number of fused-ring (bicyclic) bond motifs is 1. The van der Waals surface area contributed by atoms with E-state index >= 15 is 0 Å². The van der Waals surface area contributed by atoms with Gasteiger partial charge in [-0.05, 0) is 43.7 Å². The smallest absolute Gasteiger partial charge is 0.120 e. The van der Waals surface area contributed by atoms with Gasteiger partial charge in [0, 0.05) is 29.2 Å². The second-order valence-corrected chi connectivity index (χ2v) is 5.46. The molecule has 0 amide bonds. The molecule has 114 valence electrons. The Morgan fingerprint density at radius 1 is 1.09 bits per heavy atom. The monoisotopic (exact) mass is 295 g/mol. The van der Waals surface area contributed by atoms with Gasteiger partial charge in [-0.15, -0.1) is 0 Å². The van der Waals surface area contributed by atoms with Crippen LogP contribution in [-0.2, 0) is 6.54 Å². The lowest BCUT2D eigenvalue weighted by atomic mass is 10.1. The van der Waals surface area contributed by atoms with E-state index in [2.05, 4.69) is 17.6 Å². The summed E-state index contributed by atoms with van der Waals surface area (Å²) in [6.07, 6.45) is 0. The molecule has 4 heteroatoms. The van der Waals surface area contributed by atoms with Gasteiger partial charge < -0.3 is 20.8 Å². The molecule has 0 unspecified atom stereocenters. The highest BCUT2D eigenvalue weighted by atomic mass is 16.5. The number of aryl methyl sites for hydroxylation is 2. The van der Waals surface area contributed by atoms with E-state index in [4.69, 9.17) is 16.2 Å². The highest BCUT2D eigenvalue weighted by Crippen LogP contribution is 2.38. The average molecular weight is 295 g/mol. The standard InChI is InChI=1S/C18H21N3O/c1-4-21-16-10-13(22-3)6-7-14(16)17(20)18(21)12-5-8-15(19)11(2)9-12/h5-10H,4,19-20H2,1-3H3. The van der Waals surface area contributed by atoms with E-state index in [9.17, 15) is 0 Å². The summed E-state index contributed by atoms with van der Waals surface area (Å²) in [5, 5.41) is 1.05. The highest BCUT2D eigenvalue weighted by Gasteiger charge is 2.16. The molecule has 0 atom stereocenters. The van der Waals surface area contributed by atoms with Gasteiger partial charge in [-0.25, -0.2) is 0 Å². The molecule has 0 aliphatic rings. The quantitative estimate of drug-likeness (QED) is 0.722. The summed E-state index contributed by atoms with van der Waals surface area (Å²) in [6, 6.07) is 12.0. The fourth-order valence-corrected chi connectivity index (χ4v) is 2.95. The number of nitrogen functional groups attached to an aromatic ring is 2. The minimum Gasteiger partial charge on any atom is -0.497 e. The molecular weight excluding hydrogens is 274 g/mol. The molecule has 0 spiro atoms. The third-order valence-electron chi connectivity index (χ3n) is 4.17. The van der Waals surface area contributed by atoms with E-state index in [1.54, 1.807) is 7.11 Å². The fourth-order valence-electron chi connectivity index (χ4n) is 2.95.